The molecule has 6 nitrogen and oxygen atoms in total. The van der Waals surface area contributed by atoms with Gasteiger partial charge in [0.2, 0.25) is 5.91 Å². The summed E-state index contributed by atoms with van der Waals surface area (Å²) in [6, 6.07) is 3.22. The lowest BCUT2D eigenvalue weighted by Gasteiger charge is -2.04. The van der Waals surface area contributed by atoms with Gasteiger partial charge in [-0.05, 0) is 25.0 Å². The van der Waals surface area contributed by atoms with E-state index in [1.54, 1.807) is 12.1 Å². The van der Waals surface area contributed by atoms with E-state index >= 15 is 0 Å². The molecule has 0 aliphatic rings. The van der Waals surface area contributed by atoms with E-state index in [9.17, 15) is 9.59 Å². The number of carbonyl (C=O) groups excluding carboxylic acids is 2. The second kappa shape index (κ2) is 8.30. The van der Waals surface area contributed by atoms with E-state index in [1.807, 2.05) is 0 Å². The Morgan fingerprint density at radius 1 is 1.22 bits per heavy atom. The highest BCUT2D eigenvalue weighted by Gasteiger charge is 2.07. The molecule has 0 saturated carbocycles. The van der Waals surface area contributed by atoms with Crippen molar-refractivity contribution >= 4 is 11.8 Å². The molecule has 0 aromatic carbocycles. The first-order valence-electron chi connectivity index (χ1n) is 5.93. The van der Waals surface area contributed by atoms with Crippen LogP contribution < -0.4 is 10.6 Å². The number of aliphatic hydroxyl groups excluding tert-OH is 1. The Hall–Kier alpha value is -1.82. The Balaban J connectivity index is 2.04. The Bertz CT molecular complexity index is 362. The van der Waals surface area contributed by atoms with Gasteiger partial charge in [-0.1, -0.05) is 0 Å². The minimum atomic E-state index is -0.277. The number of hydrogen-bond donors (Lipinski definition) is 3. The van der Waals surface area contributed by atoms with Gasteiger partial charge in [0.1, 0.15) is 0 Å². The molecule has 0 fully saturated rings. The molecule has 2 amide bonds. The van der Waals surface area contributed by atoms with Gasteiger partial charge in [0.05, 0.1) is 6.26 Å². The maximum atomic E-state index is 11.4. The lowest BCUT2D eigenvalue weighted by molar-refractivity contribution is -0.121. The third-order valence-corrected chi connectivity index (χ3v) is 2.27. The van der Waals surface area contributed by atoms with E-state index in [4.69, 9.17) is 9.52 Å². The Morgan fingerprint density at radius 2 is 2.00 bits per heavy atom. The van der Waals surface area contributed by atoms with Crippen LogP contribution in [0.2, 0.25) is 0 Å². The average molecular weight is 254 g/mol. The standard InChI is InChI=1S/C12H18N2O4/c15-8-3-7-13-11(16)5-1-6-14-12(17)10-4-2-9-18-10/h2,4,9,15H,1,3,5-8H2,(H,13,16)(H,14,17). The van der Waals surface area contributed by atoms with Gasteiger partial charge in [-0.2, -0.15) is 0 Å². The van der Waals surface area contributed by atoms with Crippen LogP contribution in [0.4, 0.5) is 0 Å². The molecule has 0 unspecified atom stereocenters. The normalized spacial score (nSPS) is 10.1. The fourth-order valence-corrected chi connectivity index (χ4v) is 1.34. The maximum absolute atomic E-state index is 11.4. The van der Waals surface area contributed by atoms with Crippen molar-refractivity contribution in [3.63, 3.8) is 0 Å². The number of hydrogen-bond acceptors (Lipinski definition) is 4. The predicted octanol–water partition coefficient (Wildman–Crippen LogP) is 0.288. The summed E-state index contributed by atoms with van der Waals surface area (Å²) in [5, 5.41) is 13.9. The summed E-state index contributed by atoms with van der Waals surface area (Å²) >= 11 is 0. The van der Waals surface area contributed by atoms with Crippen molar-refractivity contribution in [3.05, 3.63) is 24.2 Å². The van der Waals surface area contributed by atoms with Gasteiger partial charge < -0.3 is 20.2 Å². The summed E-state index contributed by atoms with van der Waals surface area (Å²) in [7, 11) is 0. The first-order valence-corrected chi connectivity index (χ1v) is 5.93. The predicted molar refractivity (Wildman–Crippen MR) is 65.0 cm³/mol. The molecule has 0 saturated heterocycles. The topological polar surface area (TPSA) is 91.6 Å². The maximum Gasteiger partial charge on any atom is 0.286 e. The highest BCUT2D eigenvalue weighted by Crippen LogP contribution is 1.99. The molecule has 1 rings (SSSR count). The summed E-state index contributed by atoms with van der Waals surface area (Å²) in [6.07, 6.45) is 2.91. The molecule has 3 N–H and O–H groups in total. The molecule has 100 valence electrons. The van der Waals surface area contributed by atoms with Crippen molar-refractivity contribution in [2.45, 2.75) is 19.3 Å². The van der Waals surface area contributed by atoms with Crippen LogP contribution in [0.5, 0.6) is 0 Å². The van der Waals surface area contributed by atoms with Gasteiger partial charge in [-0.25, -0.2) is 0 Å². The first kappa shape index (κ1) is 14.2. The largest absolute Gasteiger partial charge is 0.459 e. The van der Waals surface area contributed by atoms with Gasteiger partial charge in [0, 0.05) is 26.1 Å². The van der Waals surface area contributed by atoms with Crippen molar-refractivity contribution in [2.24, 2.45) is 0 Å². The minimum Gasteiger partial charge on any atom is -0.459 e. The number of nitrogens with one attached hydrogen (secondary N) is 2. The Morgan fingerprint density at radius 3 is 2.67 bits per heavy atom. The quantitative estimate of drug-likeness (QED) is 0.581. The van der Waals surface area contributed by atoms with Gasteiger partial charge in [-0.3, -0.25) is 9.59 Å². The summed E-state index contributed by atoms with van der Waals surface area (Å²) in [6.45, 7) is 0.973. The molecule has 0 spiro atoms. The van der Waals surface area contributed by atoms with Crippen molar-refractivity contribution < 1.29 is 19.1 Å². The van der Waals surface area contributed by atoms with Crippen LogP contribution in [0.3, 0.4) is 0 Å². The second-order valence-corrected chi connectivity index (χ2v) is 3.76. The van der Waals surface area contributed by atoms with E-state index in [0.717, 1.165) is 0 Å². The number of aliphatic hydroxyl groups is 1. The van der Waals surface area contributed by atoms with E-state index in [0.29, 0.717) is 32.4 Å². The van der Waals surface area contributed by atoms with Crippen molar-refractivity contribution in [1.29, 1.82) is 0 Å². The van der Waals surface area contributed by atoms with Crippen molar-refractivity contribution in [2.75, 3.05) is 19.7 Å². The van der Waals surface area contributed by atoms with Crippen LogP contribution in [0.1, 0.15) is 29.8 Å². The average Bonchev–Trinajstić information content (AvgIpc) is 2.88. The van der Waals surface area contributed by atoms with Gasteiger partial charge >= 0.3 is 0 Å². The number of amides is 2. The molecule has 0 bridgehead atoms. The van der Waals surface area contributed by atoms with Crippen molar-refractivity contribution in [3.8, 4) is 0 Å². The molecule has 18 heavy (non-hydrogen) atoms. The monoisotopic (exact) mass is 254 g/mol. The molecule has 0 aliphatic heterocycles. The van der Waals surface area contributed by atoms with E-state index in [1.165, 1.54) is 6.26 Å². The van der Waals surface area contributed by atoms with E-state index in [-0.39, 0.29) is 24.2 Å². The molecule has 1 heterocycles. The van der Waals surface area contributed by atoms with Crippen LogP contribution in [-0.2, 0) is 4.79 Å². The Kier molecular flexibility index (Phi) is 6.56. The first-order chi connectivity index (χ1) is 8.74. The van der Waals surface area contributed by atoms with Gasteiger partial charge in [-0.15, -0.1) is 0 Å². The fourth-order valence-electron chi connectivity index (χ4n) is 1.34. The summed E-state index contributed by atoms with van der Waals surface area (Å²) < 4.78 is 4.92. The third kappa shape index (κ3) is 5.49. The fraction of sp³-hybridized carbons (Fsp3) is 0.500. The van der Waals surface area contributed by atoms with Gasteiger partial charge in [0.25, 0.3) is 5.91 Å². The molecular formula is C12H18N2O4. The zero-order chi connectivity index (χ0) is 13.2. The summed E-state index contributed by atoms with van der Waals surface area (Å²) in [5.41, 5.74) is 0. The lowest BCUT2D eigenvalue weighted by atomic mass is 10.3. The SMILES string of the molecule is O=C(CCCNC(=O)c1ccco1)NCCCO. The molecule has 1 aromatic rings. The third-order valence-electron chi connectivity index (χ3n) is 2.27. The second-order valence-electron chi connectivity index (χ2n) is 3.76. The van der Waals surface area contributed by atoms with Crippen molar-refractivity contribution in [1.82, 2.24) is 10.6 Å². The molecular weight excluding hydrogens is 236 g/mol. The number of rotatable bonds is 8. The van der Waals surface area contributed by atoms with E-state index in [2.05, 4.69) is 10.6 Å². The van der Waals surface area contributed by atoms with Gasteiger partial charge in [0.15, 0.2) is 5.76 Å². The lowest BCUT2D eigenvalue weighted by Crippen LogP contribution is -2.28. The number of carbonyl (C=O) groups is 2. The zero-order valence-corrected chi connectivity index (χ0v) is 10.1. The number of furan rings is 1. The zero-order valence-electron chi connectivity index (χ0n) is 10.1. The minimum absolute atomic E-state index is 0.0689. The molecule has 6 heteroatoms. The molecule has 1 aromatic heterocycles. The molecule has 0 aliphatic carbocycles. The molecule has 0 radical (unpaired) electrons. The smallest absolute Gasteiger partial charge is 0.286 e. The van der Waals surface area contributed by atoms with Crippen LogP contribution >= 0.6 is 0 Å². The highest BCUT2D eigenvalue weighted by atomic mass is 16.3. The van der Waals surface area contributed by atoms with Crippen LogP contribution in [-0.4, -0.2) is 36.6 Å². The van der Waals surface area contributed by atoms with E-state index < -0.39 is 0 Å². The van der Waals surface area contributed by atoms with Crippen LogP contribution in [0.15, 0.2) is 22.8 Å². The van der Waals surface area contributed by atoms with Crippen LogP contribution in [0.25, 0.3) is 0 Å². The van der Waals surface area contributed by atoms with Crippen LogP contribution in [0, 0.1) is 0 Å². The highest BCUT2D eigenvalue weighted by molar-refractivity contribution is 5.91. The summed E-state index contributed by atoms with van der Waals surface area (Å²) in [4.78, 5) is 22.7. The molecule has 0 atom stereocenters. The Labute approximate surface area is 105 Å². The summed E-state index contributed by atoms with van der Waals surface area (Å²) in [5.74, 6) is -0.0845.